The maximum atomic E-state index is 12.3. The van der Waals surface area contributed by atoms with Crippen LogP contribution in [-0.2, 0) is 0 Å². The van der Waals surface area contributed by atoms with E-state index >= 15 is 0 Å². The maximum Gasteiger partial charge on any atom is 0.251 e. The van der Waals surface area contributed by atoms with Gasteiger partial charge in [0.05, 0.1) is 0 Å². The Balaban J connectivity index is 1.89. The molecule has 0 bridgehead atoms. The molecule has 0 saturated heterocycles. The Labute approximate surface area is 143 Å². The van der Waals surface area contributed by atoms with E-state index in [1.165, 1.54) is 0 Å². The molecule has 6 nitrogen and oxygen atoms in total. The number of hydrogen-bond donors (Lipinski definition) is 2. The molecular formula is C18H25N5O. The molecule has 0 saturated carbocycles. The minimum Gasteiger partial charge on any atom is -0.368 e. The fourth-order valence-corrected chi connectivity index (χ4v) is 2.31. The summed E-state index contributed by atoms with van der Waals surface area (Å²) >= 11 is 0. The first-order valence-electron chi connectivity index (χ1n) is 7.99. The highest BCUT2D eigenvalue weighted by atomic mass is 16.1. The van der Waals surface area contributed by atoms with Gasteiger partial charge < -0.3 is 15.5 Å². The fourth-order valence-electron chi connectivity index (χ4n) is 2.31. The van der Waals surface area contributed by atoms with E-state index in [9.17, 15) is 4.79 Å². The molecule has 1 amide bonds. The van der Waals surface area contributed by atoms with Crippen molar-refractivity contribution < 1.29 is 4.79 Å². The van der Waals surface area contributed by atoms with Crippen molar-refractivity contribution in [1.82, 2.24) is 15.3 Å². The molecule has 0 aliphatic carbocycles. The molecule has 0 aliphatic rings. The van der Waals surface area contributed by atoms with Crippen LogP contribution >= 0.6 is 0 Å². The van der Waals surface area contributed by atoms with Crippen molar-refractivity contribution in [2.24, 2.45) is 0 Å². The monoisotopic (exact) mass is 327 g/mol. The van der Waals surface area contributed by atoms with Crippen molar-refractivity contribution in [1.29, 1.82) is 0 Å². The van der Waals surface area contributed by atoms with Crippen LogP contribution in [0.25, 0.3) is 0 Å². The smallest absolute Gasteiger partial charge is 0.251 e. The number of carbonyl (C=O) groups is 1. The van der Waals surface area contributed by atoms with Gasteiger partial charge in [0.2, 0.25) is 0 Å². The van der Waals surface area contributed by atoms with Gasteiger partial charge in [-0.1, -0.05) is 17.7 Å². The van der Waals surface area contributed by atoms with Crippen molar-refractivity contribution in [3.8, 4) is 0 Å². The third-order valence-electron chi connectivity index (χ3n) is 3.64. The van der Waals surface area contributed by atoms with E-state index in [-0.39, 0.29) is 5.91 Å². The first-order valence-corrected chi connectivity index (χ1v) is 7.99. The summed E-state index contributed by atoms with van der Waals surface area (Å²) < 4.78 is 0. The molecule has 0 unspecified atom stereocenters. The van der Waals surface area contributed by atoms with E-state index < -0.39 is 0 Å². The average Bonchev–Trinajstić information content (AvgIpc) is 2.53. The average molecular weight is 327 g/mol. The normalized spacial score (nSPS) is 10.4. The standard InChI is InChI=1S/C18H25N5O/c1-12-6-7-13(2)15(10-12)18(24)20-9-8-19-16-11-17(23(4)5)22-14(3)21-16/h6-7,10-11H,8-9H2,1-5H3,(H,20,24)(H,19,21,22). The summed E-state index contributed by atoms with van der Waals surface area (Å²) in [5.74, 6) is 2.27. The molecule has 0 atom stereocenters. The third-order valence-corrected chi connectivity index (χ3v) is 3.64. The van der Waals surface area contributed by atoms with Crippen molar-refractivity contribution in [3.63, 3.8) is 0 Å². The number of nitrogens with one attached hydrogen (secondary N) is 2. The topological polar surface area (TPSA) is 70.2 Å². The van der Waals surface area contributed by atoms with Gasteiger partial charge in [0.25, 0.3) is 5.91 Å². The number of hydrogen-bond acceptors (Lipinski definition) is 5. The highest BCUT2D eigenvalue weighted by molar-refractivity contribution is 5.95. The zero-order valence-electron chi connectivity index (χ0n) is 15.0. The number of carbonyl (C=O) groups excluding carboxylic acids is 1. The van der Waals surface area contributed by atoms with E-state index in [2.05, 4.69) is 20.6 Å². The highest BCUT2D eigenvalue weighted by Crippen LogP contribution is 2.13. The number of aryl methyl sites for hydroxylation is 3. The third kappa shape index (κ3) is 4.68. The Morgan fingerprint density at radius 1 is 1.08 bits per heavy atom. The van der Waals surface area contributed by atoms with Crippen molar-refractivity contribution in [2.45, 2.75) is 20.8 Å². The molecule has 0 radical (unpaired) electrons. The van der Waals surface area contributed by atoms with Crippen LogP contribution in [0.15, 0.2) is 24.3 Å². The molecule has 2 N–H and O–H groups in total. The Morgan fingerprint density at radius 3 is 2.54 bits per heavy atom. The van der Waals surface area contributed by atoms with E-state index in [4.69, 9.17) is 0 Å². The van der Waals surface area contributed by atoms with E-state index in [1.807, 2.05) is 64.0 Å². The number of benzene rings is 1. The Hall–Kier alpha value is -2.63. The van der Waals surface area contributed by atoms with Crippen molar-refractivity contribution in [2.75, 3.05) is 37.4 Å². The van der Waals surface area contributed by atoms with E-state index in [1.54, 1.807) is 0 Å². The lowest BCUT2D eigenvalue weighted by atomic mass is 10.1. The first kappa shape index (κ1) is 17.7. The van der Waals surface area contributed by atoms with Crippen LogP contribution in [0.3, 0.4) is 0 Å². The second-order valence-corrected chi connectivity index (χ2v) is 6.05. The minimum atomic E-state index is -0.0501. The summed E-state index contributed by atoms with van der Waals surface area (Å²) in [4.78, 5) is 22.9. The summed E-state index contributed by atoms with van der Waals surface area (Å²) in [6.07, 6.45) is 0. The van der Waals surface area contributed by atoms with Gasteiger partial charge in [0.1, 0.15) is 17.5 Å². The molecule has 24 heavy (non-hydrogen) atoms. The second-order valence-electron chi connectivity index (χ2n) is 6.05. The lowest BCUT2D eigenvalue weighted by Crippen LogP contribution is -2.29. The predicted molar refractivity (Wildman–Crippen MR) is 97.8 cm³/mol. The molecule has 6 heteroatoms. The van der Waals surface area contributed by atoms with Gasteiger partial charge in [-0.3, -0.25) is 4.79 Å². The number of anilines is 2. The maximum absolute atomic E-state index is 12.3. The molecule has 128 valence electrons. The van der Waals surface area contributed by atoms with Crippen LogP contribution in [0.4, 0.5) is 11.6 Å². The molecule has 1 heterocycles. The summed E-state index contributed by atoms with van der Waals surface area (Å²) in [6, 6.07) is 7.77. The Kier molecular flexibility index (Phi) is 5.73. The SMILES string of the molecule is Cc1ccc(C)c(C(=O)NCCNc2cc(N(C)C)nc(C)n2)c1. The van der Waals surface area contributed by atoms with Gasteiger partial charge >= 0.3 is 0 Å². The Bertz CT molecular complexity index is 727. The van der Waals surface area contributed by atoms with Crippen LogP contribution in [0.5, 0.6) is 0 Å². The molecule has 0 spiro atoms. The van der Waals surface area contributed by atoms with Gasteiger partial charge in [-0.15, -0.1) is 0 Å². The van der Waals surface area contributed by atoms with Crippen LogP contribution in [0.1, 0.15) is 27.3 Å². The molecule has 1 aromatic carbocycles. The predicted octanol–water partition coefficient (Wildman–Crippen LogP) is 2.31. The zero-order valence-corrected chi connectivity index (χ0v) is 15.0. The minimum absolute atomic E-state index is 0.0501. The second kappa shape index (κ2) is 7.77. The summed E-state index contributed by atoms with van der Waals surface area (Å²) in [5.41, 5.74) is 2.78. The largest absolute Gasteiger partial charge is 0.368 e. The molecule has 0 aliphatic heterocycles. The number of nitrogens with zero attached hydrogens (tertiary/aromatic N) is 3. The van der Waals surface area contributed by atoms with Gasteiger partial charge in [0, 0.05) is 38.8 Å². The summed E-state index contributed by atoms with van der Waals surface area (Å²) in [6.45, 7) is 6.91. The van der Waals surface area contributed by atoms with E-state index in [0.717, 1.165) is 28.3 Å². The summed E-state index contributed by atoms with van der Waals surface area (Å²) in [7, 11) is 3.88. The molecule has 2 aromatic rings. The van der Waals surface area contributed by atoms with Crippen LogP contribution < -0.4 is 15.5 Å². The number of rotatable bonds is 6. The zero-order chi connectivity index (χ0) is 17.7. The van der Waals surface area contributed by atoms with Crippen LogP contribution in [0, 0.1) is 20.8 Å². The van der Waals surface area contributed by atoms with Crippen molar-refractivity contribution >= 4 is 17.5 Å². The lowest BCUT2D eigenvalue weighted by Gasteiger charge is -2.14. The molecule has 2 rings (SSSR count). The number of aromatic nitrogens is 2. The molecule has 1 aromatic heterocycles. The lowest BCUT2D eigenvalue weighted by molar-refractivity contribution is 0.0954. The molecule has 0 fully saturated rings. The summed E-state index contributed by atoms with van der Waals surface area (Å²) in [5, 5.41) is 6.16. The fraction of sp³-hybridized carbons (Fsp3) is 0.389. The van der Waals surface area contributed by atoms with Crippen LogP contribution in [0.2, 0.25) is 0 Å². The van der Waals surface area contributed by atoms with Crippen LogP contribution in [-0.4, -0.2) is 43.1 Å². The van der Waals surface area contributed by atoms with Crippen molar-refractivity contribution in [3.05, 3.63) is 46.8 Å². The Morgan fingerprint density at radius 2 is 1.83 bits per heavy atom. The first-order chi connectivity index (χ1) is 11.4. The van der Waals surface area contributed by atoms with E-state index in [0.29, 0.717) is 18.9 Å². The van der Waals surface area contributed by atoms with Gasteiger partial charge in [-0.25, -0.2) is 9.97 Å². The van der Waals surface area contributed by atoms with Gasteiger partial charge in [-0.05, 0) is 32.4 Å². The highest BCUT2D eigenvalue weighted by Gasteiger charge is 2.08. The number of amides is 1. The quantitative estimate of drug-likeness (QED) is 0.797. The van der Waals surface area contributed by atoms with Gasteiger partial charge in [0.15, 0.2) is 0 Å². The van der Waals surface area contributed by atoms with Gasteiger partial charge in [-0.2, -0.15) is 0 Å². The molecular weight excluding hydrogens is 302 g/mol.